The van der Waals surface area contributed by atoms with Crippen LogP contribution in [0.2, 0.25) is 0 Å². The summed E-state index contributed by atoms with van der Waals surface area (Å²) >= 11 is 0. The van der Waals surface area contributed by atoms with Crippen molar-refractivity contribution >= 4 is 0 Å². The molecule has 0 radical (unpaired) electrons. The topological polar surface area (TPSA) is 0 Å². The van der Waals surface area contributed by atoms with Crippen LogP contribution in [0.4, 0.5) is 0 Å². The third-order valence-corrected chi connectivity index (χ3v) is 4.41. The second kappa shape index (κ2) is 2.57. The Morgan fingerprint density at radius 3 is 1.75 bits per heavy atom. The van der Waals surface area contributed by atoms with E-state index in [9.17, 15) is 0 Å². The SMILES string of the molecule is CC1CC12c1ccccc1-c1ccccc12. The fourth-order valence-electron chi connectivity index (χ4n) is 3.53. The van der Waals surface area contributed by atoms with Gasteiger partial charge in [-0.15, -0.1) is 0 Å². The summed E-state index contributed by atoms with van der Waals surface area (Å²) in [6, 6.07) is 17.8. The van der Waals surface area contributed by atoms with E-state index in [1.165, 1.54) is 17.5 Å². The molecule has 1 fully saturated rings. The maximum Gasteiger partial charge on any atom is 0.0244 e. The van der Waals surface area contributed by atoms with E-state index in [2.05, 4.69) is 55.5 Å². The lowest BCUT2D eigenvalue weighted by Gasteiger charge is -2.11. The van der Waals surface area contributed by atoms with Crippen molar-refractivity contribution in [2.45, 2.75) is 18.8 Å². The summed E-state index contributed by atoms with van der Waals surface area (Å²) in [5, 5.41) is 0. The summed E-state index contributed by atoms with van der Waals surface area (Å²) in [7, 11) is 0. The van der Waals surface area contributed by atoms with Crippen LogP contribution in [-0.4, -0.2) is 0 Å². The normalized spacial score (nSPS) is 22.9. The zero-order chi connectivity index (χ0) is 10.8. The Labute approximate surface area is 95.9 Å². The molecule has 2 aliphatic carbocycles. The van der Waals surface area contributed by atoms with Crippen molar-refractivity contribution in [3.8, 4) is 11.1 Å². The molecule has 16 heavy (non-hydrogen) atoms. The first-order valence-electron chi connectivity index (χ1n) is 6.03. The van der Waals surface area contributed by atoms with Crippen LogP contribution in [0.5, 0.6) is 0 Å². The molecule has 0 nitrogen and oxygen atoms in total. The van der Waals surface area contributed by atoms with Gasteiger partial charge in [-0.05, 0) is 34.6 Å². The first-order valence-corrected chi connectivity index (χ1v) is 6.03. The lowest BCUT2D eigenvalue weighted by Crippen LogP contribution is -2.06. The van der Waals surface area contributed by atoms with Crippen molar-refractivity contribution in [3.63, 3.8) is 0 Å². The lowest BCUT2D eigenvalue weighted by molar-refractivity contribution is 0.769. The zero-order valence-electron chi connectivity index (χ0n) is 9.40. The molecule has 0 aliphatic heterocycles. The highest BCUT2D eigenvalue weighted by molar-refractivity contribution is 5.82. The van der Waals surface area contributed by atoms with Gasteiger partial charge in [0.15, 0.2) is 0 Å². The van der Waals surface area contributed by atoms with Crippen molar-refractivity contribution in [3.05, 3.63) is 59.7 Å². The Morgan fingerprint density at radius 1 is 0.875 bits per heavy atom. The Morgan fingerprint density at radius 2 is 1.31 bits per heavy atom. The minimum Gasteiger partial charge on any atom is -0.0619 e. The van der Waals surface area contributed by atoms with E-state index in [4.69, 9.17) is 0 Å². The molecular weight excluding hydrogens is 192 g/mol. The van der Waals surface area contributed by atoms with Gasteiger partial charge in [0, 0.05) is 5.41 Å². The maximum atomic E-state index is 2.37. The van der Waals surface area contributed by atoms with Crippen LogP contribution in [0, 0.1) is 5.92 Å². The van der Waals surface area contributed by atoms with Crippen LogP contribution in [0.3, 0.4) is 0 Å². The average molecular weight is 206 g/mol. The summed E-state index contributed by atoms with van der Waals surface area (Å²) in [5.41, 5.74) is 6.41. The standard InChI is InChI=1S/C16H14/c1-11-10-16(11)14-8-4-2-6-12(14)13-7-3-5-9-15(13)16/h2-9,11H,10H2,1H3. The van der Waals surface area contributed by atoms with Crippen LogP contribution < -0.4 is 0 Å². The predicted molar refractivity (Wildman–Crippen MR) is 66.4 cm³/mol. The van der Waals surface area contributed by atoms with Gasteiger partial charge >= 0.3 is 0 Å². The highest BCUT2D eigenvalue weighted by Gasteiger charge is 2.58. The highest BCUT2D eigenvalue weighted by atomic mass is 14.6. The molecule has 0 amide bonds. The van der Waals surface area contributed by atoms with Gasteiger partial charge in [-0.1, -0.05) is 55.5 Å². The molecule has 0 bridgehead atoms. The van der Waals surface area contributed by atoms with Crippen molar-refractivity contribution in [1.82, 2.24) is 0 Å². The fraction of sp³-hybridized carbons (Fsp3) is 0.250. The summed E-state index contributed by atoms with van der Waals surface area (Å²) < 4.78 is 0. The lowest BCUT2D eigenvalue weighted by atomic mass is 9.91. The summed E-state index contributed by atoms with van der Waals surface area (Å²) in [6.07, 6.45) is 1.32. The Bertz CT molecular complexity index is 535. The van der Waals surface area contributed by atoms with Crippen LogP contribution in [0.15, 0.2) is 48.5 Å². The van der Waals surface area contributed by atoms with Gasteiger partial charge < -0.3 is 0 Å². The number of fused-ring (bicyclic) bond motifs is 5. The van der Waals surface area contributed by atoms with Crippen LogP contribution >= 0.6 is 0 Å². The van der Waals surface area contributed by atoms with E-state index in [-0.39, 0.29) is 0 Å². The van der Waals surface area contributed by atoms with Gasteiger partial charge in [0.1, 0.15) is 0 Å². The summed E-state index contributed by atoms with van der Waals surface area (Å²) in [5.74, 6) is 0.803. The van der Waals surface area contributed by atoms with E-state index in [1.807, 2.05) is 0 Å². The van der Waals surface area contributed by atoms with Gasteiger partial charge in [0.25, 0.3) is 0 Å². The quantitative estimate of drug-likeness (QED) is 0.611. The zero-order valence-corrected chi connectivity index (χ0v) is 9.40. The second-order valence-corrected chi connectivity index (χ2v) is 5.17. The van der Waals surface area contributed by atoms with E-state index in [0.717, 1.165) is 5.92 Å². The van der Waals surface area contributed by atoms with Crippen molar-refractivity contribution in [2.75, 3.05) is 0 Å². The molecule has 0 heterocycles. The number of hydrogen-bond donors (Lipinski definition) is 0. The molecule has 0 N–H and O–H groups in total. The molecular formula is C16H14. The molecule has 1 saturated carbocycles. The molecule has 0 heteroatoms. The van der Waals surface area contributed by atoms with Gasteiger partial charge in [0.05, 0.1) is 0 Å². The van der Waals surface area contributed by atoms with Gasteiger partial charge in [-0.2, -0.15) is 0 Å². The van der Waals surface area contributed by atoms with Crippen LogP contribution in [-0.2, 0) is 5.41 Å². The molecule has 0 saturated heterocycles. The molecule has 1 unspecified atom stereocenters. The number of benzene rings is 2. The second-order valence-electron chi connectivity index (χ2n) is 5.17. The molecule has 2 aromatic carbocycles. The average Bonchev–Trinajstić information content (AvgIpc) is 2.93. The van der Waals surface area contributed by atoms with Gasteiger partial charge in [-0.3, -0.25) is 0 Å². The molecule has 0 aromatic heterocycles. The Hall–Kier alpha value is -1.56. The molecule has 1 atom stereocenters. The molecule has 2 aliphatic rings. The summed E-state index contributed by atoms with van der Waals surface area (Å²) in [4.78, 5) is 0. The van der Waals surface area contributed by atoms with E-state index in [0.29, 0.717) is 5.41 Å². The van der Waals surface area contributed by atoms with Gasteiger partial charge in [-0.25, -0.2) is 0 Å². The van der Waals surface area contributed by atoms with E-state index in [1.54, 1.807) is 11.1 Å². The van der Waals surface area contributed by atoms with Crippen molar-refractivity contribution in [2.24, 2.45) is 5.92 Å². The third-order valence-electron chi connectivity index (χ3n) is 4.41. The minimum absolute atomic E-state index is 0.368. The van der Waals surface area contributed by atoms with Crippen LogP contribution in [0.1, 0.15) is 24.5 Å². The van der Waals surface area contributed by atoms with E-state index >= 15 is 0 Å². The third kappa shape index (κ3) is 0.788. The minimum atomic E-state index is 0.368. The number of rotatable bonds is 0. The smallest absolute Gasteiger partial charge is 0.0244 e. The molecule has 2 aromatic rings. The molecule has 1 spiro atoms. The molecule has 78 valence electrons. The predicted octanol–water partition coefficient (Wildman–Crippen LogP) is 3.99. The largest absolute Gasteiger partial charge is 0.0619 e. The summed E-state index contributed by atoms with van der Waals surface area (Å²) in [6.45, 7) is 2.37. The number of hydrogen-bond acceptors (Lipinski definition) is 0. The van der Waals surface area contributed by atoms with E-state index < -0.39 is 0 Å². The molecule has 4 rings (SSSR count). The first-order chi connectivity index (χ1) is 7.84. The van der Waals surface area contributed by atoms with Crippen LogP contribution in [0.25, 0.3) is 11.1 Å². The van der Waals surface area contributed by atoms with Crippen molar-refractivity contribution < 1.29 is 0 Å². The fourth-order valence-corrected chi connectivity index (χ4v) is 3.53. The monoisotopic (exact) mass is 206 g/mol. The highest BCUT2D eigenvalue weighted by Crippen LogP contribution is 2.65. The Balaban J connectivity index is 2.12. The first kappa shape index (κ1) is 8.58. The van der Waals surface area contributed by atoms with Gasteiger partial charge in [0.2, 0.25) is 0 Å². The Kier molecular flexibility index (Phi) is 1.38. The maximum absolute atomic E-state index is 2.37. The van der Waals surface area contributed by atoms with Crippen molar-refractivity contribution in [1.29, 1.82) is 0 Å².